The number of ether oxygens (including phenoxy) is 2. The van der Waals surface area contributed by atoms with Crippen LogP contribution in [0.2, 0.25) is 0 Å². The van der Waals surface area contributed by atoms with E-state index in [1.165, 1.54) is 4.90 Å². The van der Waals surface area contributed by atoms with Gasteiger partial charge in [-0.05, 0) is 72.4 Å². The molecule has 1 aromatic heterocycles. The SMILES string of the molecule is Cc1cc(/C(O)=C2\C(=O)C(=O)N(Cc3ccccn3)C2c2cccc(OCC(C)C)c2)ccc1OCC(C)C. The van der Waals surface area contributed by atoms with Crippen molar-refractivity contribution < 1.29 is 24.2 Å². The van der Waals surface area contributed by atoms with Gasteiger partial charge in [-0.25, -0.2) is 0 Å². The Morgan fingerprint density at radius 1 is 0.949 bits per heavy atom. The highest BCUT2D eigenvalue weighted by Crippen LogP contribution is 2.41. The van der Waals surface area contributed by atoms with Gasteiger partial charge >= 0.3 is 0 Å². The molecule has 1 aliphatic heterocycles. The average Bonchev–Trinajstić information content (AvgIpc) is 3.16. The zero-order valence-electron chi connectivity index (χ0n) is 23.2. The van der Waals surface area contributed by atoms with Crippen molar-refractivity contribution in [2.45, 2.75) is 47.2 Å². The van der Waals surface area contributed by atoms with E-state index in [1.54, 1.807) is 36.5 Å². The van der Waals surface area contributed by atoms with Gasteiger partial charge < -0.3 is 19.5 Å². The molecule has 1 saturated heterocycles. The molecule has 0 aliphatic carbocycles. The molecule has 1 fully saturated rings. The fourth-order valence-corrected chi connectivity index (χ4v) is 4.46. The number of aromatic nitrogens is 1. The largest absolute Gasteiger partial charge is 0.507 e. The number of ketones is 1. The van der Waals surface area contributed by atoms with E-state index in [1.807, 2.05) is 37.3 Å². The molecule has 1 amide bonds. The summed E-state index contributed by atoms with van der Waals surface area (Å²) in [5, 5.41) is 11.5. The van der Waals surface area contributed by atoms with Gasteiger partial charge in [-0.2, -0.15) is 0 Å². The number of carbonyl (C=O) groups excluding carboxylic acids is 2. The predicted molar refractivity (Wildman–Crippen MR) is 150 cm³/mol. The smallest absolute Gasteiger partial charge is 0.296 e. The lowest BCUT2D eigenvalue weighted by Crippen LogP contribution is -2.29. The summed E-state index contributed by atoms with van der Waals surface area (Å²) in [6.07, 6.45) is 1.65. The number of rotatable bonds is 10. The Kier molecular flexibility index (Phi) is 8.69. The molecule has 1 unspecified atom stereocenters. The molecule has 204 valence electrons. The van der Waals surface area contributed by atoms with Gasteiger partial charge in [0, 0.05) is 11.8 Å². The van der Waals surface area contributed by atoms with Crippen LogP contribution in [-0.4, -0.2) is 39.9 Å². The van der Waals surface area contributed by atoms with E-state index in [9.17, 15) is 14.7 Å². The van der Waals surface area contributed by atoms with E-state index in [0.717, 1.165) is 5.56 Å². The molecule has 0 saturated carbocycles. The minimum Gasteiger partial charge on any atom is -0.507 e. The second-order valence-corrected chi connectivity index (χ2v) is 10.7. The van der Waals surface area contributed by atoms with Crippen LogP contribution in [0.1, 0.15) is 56.1 Å². The first-order valence-corrected chi connectivity index (χ1v) is 13.3. The van der Waals surface area contributed by atoms with Crippen molar-refractivity contribution in [2.75, 3.05) is 13.2 Å². The minimum atomic E-state index is -0.813. The van der Waals surface area contributed by atoms with E-state index in [0.29, 0.717) is 53.4 Å². The Morgan fingerprint density at radius 3 is 2.36 bits per heavy atom. The number of amides is 1. The van der Waals surface area contributed by atoms with E-state index in [4.69, 9.17) is 9.47 Å². The van der Waals surface area contributed by atoms with E-state index in [2.05, 4.69) is 32.7 Å². The monoisotopic (exact) mass is 528 g/mol. The molecular weight excluding hydrogens is 492 g/mol. The topological polar surface area (TPSA) is 89.0 Å². The van der Waals surface area contributed by atoms with Gasteiger partial charge in [0.15, 0.2) is 0 Å². The number of likely N-dealkylation sites (tertiary alicyclic amines) is 1. The number of aliphatic hydroxyl groups excluding tert-OH is 1. The standard InChI is InChI=1S/C32H36N2O5/c1-20(2)18-38-26-11-8-9-23(16-26)29-28(31(36)32(37)34(29)17-25-10-6-7-14-33-25)30(35)24-12-13-27(22(5)15-24)39-19-21(3)4/h6-16,20-21,29,35H,17-19H2,1-5H3/b30-28+. The third-order valence-electron chi connectivity index (χ3n) is 6.38. The number of pyridine rings is 1. The highest BCUT2D eigenvalue weighted by Gasteiger charge is 2.46. The first-order chi connectivity index (χ1) is 18.7. The highest BCUT2D eigenvalue weighted by atomic mass is 16.5. The molecule has 0 bridgehead atoms. The molecule has 1 atom stereocenters. The lowest BCUT2D eigenvalue weighted by Gasteiger charge is -2.25. The second-order valence-electron chi connectivity index (χ2n) is 10.7. The number of nitrogens with zero attached hydrogens (tertiary/aromatic N) is 2. The lowest BCUT2D eigenvalue weighted by molar-refractivity contribution is -0.140. The van der Waals surface area contributed by atoms with Crippen molar-refractivity contribution in [3.8, 4) is 11.5 Å². The summed E-state index contributed by atoms with van der Waals surface area (Å²) in [5.41, 5.74) is 2.60. The lowest BCUT2D eigenvalue weighted by atomic mass is 9.94. The maximum absolute atomic E-state index is 13.4. The number of aliphatic hydroxyl groups is 1. The average molecular weight is 529 g/mol. The number of hydrogen-bond donors (Lipinski definition) is 1. The second kappa shape index (κ2) is 12.2. The van der Waals surface area contributed by atoms with Crippen LogP contribution < -0.4 is 9.47 Å². The fraction of sp³-hybridized carbons (Fsp3) is 0.344. The Hall–Kier alpha value is -4.13. The summed E-state index contributed by atoms with van der Waals surface area (Å²) in [4.78, 5) is 32.6. The third-order valence-corrected chi connectivity index (χ3v) is 6.38. The van der Waals surface area contributed by atoms with E-state index < -0.39 is 17.7 Å². The summed E-state index contributed by atoms with van der Waals surface area (Å²) in [6, 6.07) is 17.2. The maximum atomic E-state index is 13.4. The van der Waals surface area contributed by atoms with Crippen LogP contribution in [0, 0.1) is 18.8 Å². The molecule has 0 radical (unpaired) electrons. The Labute approximate surface area is 230 Å². The summed E-state index contributed by atoms with van der Waals surface area (Å²) in [5.74, 6) is 0.393. The predicted octanol–water partition coefficient (Wildman–Crippen LogP) is 6.08. The molecule has 7 heteroatoms. The van der Waals surface area contributed by atoms with Gasteiger partial charge in [0.25, 0.3) is 11.7 Å². The van der Waals surface area contributed by atoms with Crippen LogP contribution in [0.25, 0.3) is 5.76 Å². The van der Waals surface area contributed by atoms with Gasteiger partial charge in [-0.3, -0.25) is 14.6 Å². The molecule has 4 rings (SSSR count). The summed E-state index contributed by atoms with van der Waals surface area (Å²) in [7, 11) is 0. The van der Waals surface area contributed by atoms with Gasteiger partial charge in [0.2, 0.25) is 0 Å². The van der Waals surface area contributed by atoms with Gasteiger partial charge in [-0.15, -0.1) is 0 Å². The Bertz CT molecular complexity index is 1360. The number of benzene rings is 2. The van der Waals surface area contributed by atoms with Crippen molar-refractivity contribution in [1.29, 1.82) is 0 Å². The molecule has 2 heterocycles. The first-order valence-electron chi connectivity index (χ1n) is 13.3. The molecule has 1 N–H and O–H groups in total. The summed E-state index contributed by atoms with van der Waals surface area (Å²) in [6.45, 7) is 11.4. The van der Waals surface area contributed by atoms with Crippen molar-refractivity contribution in [3.63, 3.8) is 0 Å². The normalized spacial score (nSPS) is 16.8. The van der Waals surface area contributed by atoms with E-state index >= 15 is 0 Å². The van der Waals surface area contributed by atoms with Crippen LogP contribution >= 0.6 is 0 Å². The number of hydrogen-bond acceptors (Lipinski definition) is 6. The highest BCUT2D eigenvalue weighted by molar-refractivity contribution is 6.46. The number of aryl methyl sites for hydroxylation is 1. The van der Waals surface area contributed by atoms with Crippen LogP contribution in [-0.2, 0) is 16.1 Å². The molecule has 39 heavy (non-hydrogen) atoms. The molecular formula is C32H36N2O5. The number of carbonyl (C=O) groups is 2. The quantitative estimate of drug-likeness (QED) is 0.195. The van der Waals surface area contributed by atoms with Crippen molar-refractivity contribution >= 4 is 17.4 Å². The van der Waals surface area contributed by atoms with Crippen molar-refractivity contribution in [2.24, 2.45) is 11.8 Å². The molecule has 7 nitrogen and oxygen atoms in total. The summed E-state index contributed by atoms with van der Waals surface area (Å²) >= 11 is 0. The van der Waals surface area contributed by atoms with Crippen LogP contribution in [0.5, 0.6) is 11.5 Å². The zero-order valence-corrected chi connectivity index (χ0v) is 23.2. The van der Waals surface area contributed by atoms with Crippen molar-refractivity contribution in [1.82, 2.24) is 9.88 Å². The van der Waals surface area contributed by atoms with Crippen LogP contribution in [0.4, 0.5) is 0 Å². The van der Waals surface area contributed by atoms with Crippen molar-refractivity contribution in [3.05, 3.63) is 94.8 Å². The molecule has 0 spiro atoms. The summed E-state index contributed by atoms with van der Waals surface area (Å²) < 4.78 is 11.8. The Balaban J connectivity index is 1.79. The van der Waals surface area contributed by atoms with Crippen LogP contribution in [0.3, 0.4) is 0 Å². The fourth-order valence-electron chi connectivity index (χ4n) is 4.46. The molecule has 2 aromatic carbocycles. The zero-order chi connectivity index (χ0) is 28.1. The molecule has 1 aliphatic rings. The molecule has 3 aromatic rings. The number of Topliss-reactive ketones (excluding diaryl/α,β-unsaturated/α-hetero) is 1. The maximum Gasteiger partial charge on any atom is 0.296 e. The third kappa shape index (κ3) is 6.48. The Morgan fingerprint density at radius 2 is 1.69 bits per heavy atom. The first kappa shape index (κ1) is 27.9. The van der Waals surface area contributed by atoms with Crippen LogP contribution in [0.15, 0.2) is 72.4 Å². The van der Waals surface area contributed by atoms with Gasteiger partial charge in [0.05, 0.1) is 37.1 Å². The minimum absolute atomic E-state index is 0.0344. The van der Waals surface area contributed by atoms with Gasteiger partial charge in [0.1, 0.15) is 17.3 Å². The van der Waals surface area contributed by atoms with E-state index in [-0.39, 0.29) is 17.9 Å². The van der Waals surface area contributed by atoms with Gasteiger partial charge in [-0.1, -0.05) is 45.9 Å².